The molecule has 0 radical (unpaired) electrons. The van der Waals surface area contributed by atoms with Crippen molar-refractivity contribution >= 4 is 5.91 Å². The van der Waals surface area contributed by atoms with Crippen molar-refractivity contribution in [3.05, 3.63) is 30.4 Å². The number of rotatable bonds is 4. The van der Waals surface area contributed by atoms with Gasteiger partial charge in [-0.15, -0.1) is 0 Å². The van der Waals surface area contributed by atoms with Gasteiger partial charge in [-0.25, -0.2) is 0 Å². The summed E-state index contributed by atoms with van der Waals surface area (Å²) < 4.78 is 5.57. The fourth-order valence-corrected chi connectivity index (χ4v) is 4.48. The molecule has 1 unspecified atom stereocenters. The molecule has 0 aromatic carbocycles. The lowest BCUT2D eigenvalue weighted by atomic mass is 9.90. The van der Waals surface area contributed by atoms with E-state index in [0.717, 1.165) is 43.6 Å². The van der Waals surface area contributed by atoms with Crippen LogP contribution in [-0.4, -0.2) is 38.0 Å². The number of aromatic nitrogens is 3. The third-order valence-corrected chi connectivity index (χ3v) is 5.91. The van der Waals surface area contributed by atoms with Crippen molar-refractivity contribution in [2.75, 3.05) is 0 Å². The second-order valence-corrected chi connectivity index (χ2v) is 7.69. The molecule has 6 heteroatoms. The average molecular weight is 338 g/mol. The van der Waals surface area contributed by atoms with Gasteiger partial charge in [0.2, 0.25) is 17.6 Å². The van der Waals surface area contributed by atoms with Crippen molar-refractivity contribution < 1.29 is 9.32 Å². The van der Waals surface area contributed by atoms with Gasteiger partial charge in [0.25, 0.3) is 0 Å². The summed E-state index contributed by atoms with van der Waals surface area (Å²) in [6.07, 6.45) is 10.8. The van der Waals surface area contributed by atoms with Crippen LogP contribution in [0.25, 0.3) is 11.4 Å². The van der Waals surface area contributed by atoms with Crippen LogP contribution in [0.2, 0.25) is 0 Å². The highest BCUT2D eigenvalue weighted by molar-refractivity contribution is 5.78. The number of nitrogens with zero attached hydrogens (tertiary/aromatic N) is 4. The highest BCUT2D eigenvalue weighted by Gasteiger charge is 2.45. The van der Waals surface area contributed by atoms with Gasteiger partial charge in [0.1, 0.15) is 0 Å². The standard InChI is InChI=1S/C19H22N4O2/c24-17(9-12-1-2-12)23-15-3-4-16(23)11-14(10-15)19-21-18(22-25-19)13-5-7-20-8-6-13/h5-8,12,14-16H,1-4,9-11H2/t14?,15-,16+. The molecule has 0 N–H and O–H groups in total. The van der Waals surface area contributed by atoms with E-state index in [4.69, 9.17) is 4.52 Å². The van der Waals surface area contributed by atoms with Crippen LogP contribution < -0.4 is 0 Å². The molecule has 2 aromatic rings. The summed E-state index contributed by atoms with van der Waals surface area (Å²) in [5.74, 6) is 2.64. The SMILES string of the molecule is O=C(CC1CC1)N1[C@@H]2CC[C@H]1CC(c1nc(-c3ccncc3)no1)C2. The lowest BCUT2D eigenvalue weighted by molar-refractivity contribution is -0.136. The lowest BCUT2D eigenvalue weighted by Gasteiger charge is -2.38. The van der Waals surface area contributed by atoms with Crippen LogP contribution in [0.3, 0.4) is 0 Å². The van der Waals surface area contributed by atoms with Crippen molar-refractivity contribution in [1.29, 1.82) is 0 Å². The summed E-state index contributed by atoms with van der Waals surface area (Å²) in [5.41, 5.74) is 0.921. The van der Waals surface area contributed by atoms with Crippen molar-refractivity contribution in [3.8, 4) is 11.4 Å². The van der Waals surface area contributed by atoms with E-state index in [2.05, 4.69) is 20.0 Å². The average Bonchev–Trinajstić information content (AvgIpc) is 3.23. The summed E-state index contributed by atoms with van der Waals surface area (Å²) in [5, 5.41) is 4.14. The number of carbonyl (C=O) groups excluding carboxylic acids is 1. The van der Waals surface area contributed by atoms with Gasteiger partial charge in [0.05, 0.1) is 0 Å². The number of hydrogen-bond donors (Lipinski definition) is 0. The number of pyridine rings is 1. The maximum atomic E-state index is 12.6. The first-order valence-corrected chi connectivity index (χ1v) is 9.33. The van der Waals surface area contributed by atoms with Crippen molar-refractivity contribution in [1.82, 2.24) is 20.0 Å². The van der Waals surface area contributed by atoms with Crippen LogP contribution in [0.4, 0.5) is 0 Å². The molecule has 2 saturated heterocycles. The molecule has 5 rings (SSSR count). The van der Waals surface area contributed by atoms with Crippen LogP contribution >= 0.6 is 0 Å². The molecule has 25 heavy (non-hydrogen) atoms. The maximum Gasteiger partial charge on any atom is 0.230 e. The lowest BCUT2D eigenvalue weighted by Crippen LogP contribution is -2.46. The van der Waals surface area contributed by atoms with Gasteiger partial charge in [-0.3, -0.25) is 9.78 Å². The molecule has 2 aromatic heterocycles. The zero-order valence-electron chi connectivity index (χ0n) is 14.2. The molecule has 0 spiro atoms. The van der Waals surface area contributed by atoms with Gasteiger partial charge in [-0.1, -0.05) is 5.16 Å². The summed E-state index contributed by atoms with van der Waals surface area (Å²) in [7, 11) is 0. The number of amides is 1. The third-order valence-electron chi connectivity index (χ3n) is 5.91. The number of carbonyl (C=O) groups is 1. The van der Waals surface area contributed by atoms with Gasteiger partial charge in [-0.2, -0.15) is 4.98 Å². The quantitative estimate of drug-likeness (QED) is 0.856. The zero-order chi connectivity index (χ0) is 16.8. The minimum atomic E-state index is 0.269. The molecule has 3 atom stereocenters. The largest absolute Gasteiger partial charge is 0.339 e. The van der Waals surface area contributed by atoms with E-state index in [-0.39, 0.29) is 5.92 Å². The van der Waals surface area contributed by atoms with Crippen LogP contribution in [0.5, 0.6) is 0 Å². The smallest absolute Gasteiger partial charge is 0.230 e. The van der Waals surface area contributed by atoms with E-state index in [1.807, 2.05) is 12.1 Å². The van der Waals surface area contributed by atoms with E-state index < -0.39 is 0 Å². The van der Waals surface area contributed by atoms with Gasteiger partial charge < -0.3 is 9.42 Å². The Morgan fingerprint density at radius 1 is 1.12 bits per heavy atom. The molecular formula is C19H22N4O2. The van der Waals surface area contributed by atoms with Crippen molar-refractivity contribution in [3.63, 3.8) is 0 Å². The Balaban J connectivity index is 1.31. The summed E-state index contributed by atoms with van der Waals surface area (Å²) in [6.45, 7) is 0. The Morgan fingerprint density at radius 3 is 2.52 bits per heavy atom. The van der Waals surface area contributed by atoms with Crippen molar-refractivity contribution in [2.45, 2.75) is 62.9 Å². The monoisotopic (exact) mass is 338 g/mol. The van der Waals surface area contributed by atoms with E-state index in [1.54, 1.807) is 12.4 Å². The Labute approximate surface area is 146 Å². The van der Waals surface area contributed by atoms with E-state index >= 15 is 0 Å². The molecule has 2 bridgehead atoms. The van der Waals surface area contributed by atoms with Gasteiger partial charge in [0, 0.05) is 42.4 Å². The number of hydrogen-bond acceptors (Lipinski definition) is 5. The predicted molar refractivity (Wildman–Crippen MR) is 90.5 cm³/mol. The Morgan fingerprint density at radius 2 is 1.84 bits per heavy atom. The molecule has 6 nitrogen and oxygen atoms in total. The van der Waals surface area contributed by atoms with E-state index in [0.29, 0.717) is 29.7 Å². The molecule has 3 aliphatic rings. The Hall–Kier alpha value is -2.24. The molecule has 1 saturated carbocycles. The molecular weight excluding hydrogens is 316 g/mol. The molecule has 1 aliphatic carbocycles. The van der Waals surface area contributed by atoms with E-state index in [1.165, 1.54) is 12.8 Å². The fraction of sp³-hybridized carbons (Fsp3) is 0.579. The van der Waals surface area contributed by atoms with Gasteiger partial charge >= 0.3 is 0 Å². The molecule has 2 aliphatic heterocycles. The second-order valence-electron chi connectivity index (χ2n) is 7.69. The van der Waals surface area contributed by atoms with Crippen LogP contribution in [0.15, 0.2) is 29.0 Å². The number of piperidine rings is 1. The minimum absolute atomic E-state index is 0.269. The highest BCUT2D eigenvalue weighted by Crippen LogP contribution is 2.44. The topological polar surface area (TPSA) is 72.1 Å². The first-order valence-electron chi connectivity index (χ1n) is 9.33. The zero-order valence-corrected chi connectivity index (χ0v) is 14.2. The molecule has 130 valence electrons. The predicted octanol–water partition coefficient (Wildman–Crippen LogP) is 3.17. The summed E-state index contributed by atoms with van der Waals surface area (Å²) in [4.78, 5) is 23.4. The van der Waals surface area contributed by atoms with Gasteiger partial charge in [-0.05, 0) is 56.6 Å². The Bertz CT molecular complexity index is 757. The first-order chi connectivity index (χ1) is 12.3. The normalized spacial score (nSPS) is 28.3. The third kappa shape index (κ3) is 2.83. The second kappa shape index (κ2) is 5.93. The van der Waals surface area contributed by atoms with Crippen LogP contribution in [0, 0.1) is 5.92 Å². The van der Waals surface area contributed by atoms with Gasteiger partial charge in [0.15, 0.2) is 0 Å². The summed E-state index contributed by atoms with van der Waals surface area (Å²) in [6, 6.07) is 4.48. The van der Waals surface area contributed by atoms with Crippen molar-refractivity contribution in [2.24, 2.45) is 5.92 Å². The van der Waals surface area contributed by atoms with Crippen LogP contribution in [0.1, 0.15) is 56.8 Å². The van der Waals surface area contributed by atoms with E-state index in [9.17, 15) is 4.79 Å². The minimum Gasteiger partial charge on any atom is -0.339 e. The van der Waals surface area contributed by atoms with Crippen LogP contribution in [-0.2, 0) is 4.79 Å². The maximum absolute atomic E-state index is 12.6. The molecule has 3 fully saturated rings. The summed E-state index contributed by atoms with van der Waals surface area (Å²) >= 11 is 0. The number of fused-ring (bicyclic) bond motifs is 2. The molecule has 1 amide bonds. The fourth-order valence-electron chi connectivity index (χ4n) is 4.48. The molecule has 4 heterocycles. The highest BCUT2D eigenvalue weighted by atomic mass is 16.5. The first kappa shape index (κ1) is 15.0. The Kier molecular flexibility index (Phi) is 3.57.